The van der Waals surface area contributed by atoms with Crippen molar-refractivity contribution < 1.29 is 9.66 Å². The summed E-state index contributed by atoms with van der Waals surface area (Å²) in [4.78, 5) is 0. The fourth-order valence-corrected chi connectivity index (χ4v) is 2.54. The van der Waals surface area contributed by atoms with Gasteiger partial charge in [0.1, 0.15) is 11.8 Å². The molecule has 0 amide bonds. The highest BCUT2D eigenvalue weighted by atomic mass is 32.2. The van der Waals surface area contributed by atoms with E-state index < -0.39 is 16.6 Å². The molecule has 20 heavy (non-hydrogen) atoms. The molecule has 4 nitrogen and oxygen atoms in total. The van der Waals surface area contributed by atoms with Crippen LogP contribution in [0.1, 0.15) is 29.2 Å². The summed E-state index contributed by atoms with van der Waals surface area (Å²) in [5.41, 5.74) is 2.15. The average molecular weight is 288 g/mol. The number of aliphatic hydroxyl groups is 1. The zero-order chi connectivity index (χ0) is 14.7. The van der Waals surface area contributed by atoms with Crippen molar-refractivity contribution in [1.29, 1.82) is 5.26 Å². The SMILES string of the molecule is CCc1cc(C#N)n(-c2ccc(C(O)[S+](C)[O-])cc2)c1. The molecule has 1 aromatic carbocycles. The van der Waals surface area contributed by atoms with E-state index in [1.165, 1.54) is 6.26 Å². The van der Waals surface area contributed by atoms with Crippen molar-refractivity contribution in [2.45, 2.75) is 18.8 Å². The molecule has 2 rings (SSSR count). The predicted molar refractivity (Wildman–Crippen MR) is 78.9 cm³/mol. The van der Waals surface area contributed by atoms with Gasteiger partial charge in [0.05, 0.1) is 6.26 Å². The third-order valence-electron chi connectivity index (χ3n) is 3.17. The van der Waals surface area contributed by atoms with Gasteiger partial charge in [-0.1, -0.05) is 6.92 Å². The van der Waals surface area contributed by atoms with Gasteiger partial charge >= 0.3 is 0 Å². The van der Waals surface area contributed by atoms with Crippen LogP contribution in [-0.4, -0.2) is 20.5 Å². The van der Waals surface area contributed by atoms with Crippen LogP contribution in [0.2, 0.25) is 0 Å². The molecular weight excluding hydrogens is 272 g/mol. The Morgan fingerprint density at radius 3 is 2.55 bits per heavy atom. The minimum Gasteiger partial charge on any atom is -0.614 e. The smallest absolute Gasteiger partial charge is 0.239 e. The maximum absolute atomic E-state index is 11.3. The first-order chi connectivity index (χ1) is 9.56. The summed E-state index contributed by atoms with van der Waals surface area (Å²) in [7, 11) is 0. The van der Waals surface area contributed by atoms with E-state index in [1.807, 2.05) is 35.9 Å². The lowest BCUT2D eigenvalue weighted by molar-refractivity contribution is 0.256. The number of nitrogens with zero attached hydrogens (tertiary/aromatic N) is 2. The number of hydrogen-bond donors (Lipinski definition) is 1. The largest absolute Gasteiger partial charge is 0.614 e. The van der Waals surface area contributed by atoms with Crippen LogP contribution in [0.5, 0.6) is 0 Å². The molecule has 0 spiro atoms. The van der Waals surface area contributed by atoms with E-state index in [9.17, 15) is 9.66 Å². The van der Waals surface area contributed by atoms with E-state index in [1.54, 1.807) is 12.1 Å². The number of benzene rings is 1. The van der Waals surface area contributed by atoms with Crippen molar-refractivity contribution in [3.05, 3.63) is 53.3 Å². The summed E-state index contributed by atoms with van der Waals surface area (Å²) in [6, 6.07) is 11.1. The molecule has 0 aliphatic carbocycles. The standard InChI is InChI=1S/C15H16N2O2S/c1-3-11-8-14(9-16)17(10-11)13-6-4-12(5-7-13)15(18)20(2)19/h4-8,10,15,18H,3H2,1-2H3. The number of aliphatic hydroxyl groups excluding tert-OH is 1. The molecule has 2 aromatic rings. The Morgan fingerprint density at radius 1 is 1.40 bits per heavy atom. The third kappa shape index (κ3) is 2.88. The molecule has 1 aromatic heterocycles. The lowest BCUT2D eigenvalue weighted by Gasteiger charge is -2.13. The summed E-state index contributed by atoms with van der Waals surface area (Å²) in [6.07, 6.45) is 4.26. The van der Waals surface area contributed by atoms with Crippen molar-refractivity contribution >= 4 is 11.2 Å². The van der Waals surface area contributed by atoms with Gasteiger partial charge in [-0.15, -0.1) is 0 Å². The molecule has 0 saturated carbocycles. The molecule has 1 N–H and O–H groups in total. The Morgan fingerprint density at radius 2 is 2.05 bits per heavy atom. The predicted octanol–water partition coefficient (Wildman–Crippen LogP) is 2.28. The monoisotopic (exact) mass is 288 g/mol. The Bertz CT molecular complexity index is 626. The summed E-state index contributed by atoms with van der Waals surface area (Å²) >= 11 is -1.32. The van der Waals surface area contributed by atoms with Crippen molar-refractivity contribution in [2.24, 2.45) is 0 Å². The second-order valence-corrected chi connectivity index (χ2v) is 5.96. The van der Waals surface area contributed by atoms with Crippen molar-refractivity contribution in [2.75, 3.05) is 6.26 Å². The molecule has 2 atom stereocenters. The molecule has 0 aliphatic rings. The van der Waals surface area contributed by atoms with Gasteiger partial charge in [0.25, 0.3) is 0 Å². The summed E-state index contributed by atoms with van der Waals surface area (Å²) < 4.78 is 13.1. The van der Waals surface area contributed by atoms with Gasteiger partial charge in [-0.25, -0.2) is 0 Å². The molecular formula is C15H16N2O2S. The first-order valence-electron chi connectivity index (χ1n) is 6.28. The average Bonchev–Trinajstić information content (AvgIpc) is 2.90. The van der Waals surface area contributed by atoms with E-state index in [-0.39, 0.29) is 0 Å². The van der Waals surface area contributed by atoms with Gasteiger partial charge in [0.2, 0.25) is 5.44 Å². The van der Waals surface area contributed by atoms with Gasteiger partial charge in [-0.2, -0.15) is 5.26 Å². The Hall–Kier alpha value is -1.74. The quantitative estimate of drug-likeness (QED) is 0.877. The van der Waals surface area contributed by atoms with Crippen LogP contribution in [0.3, 0.4) is 0 Å². The molecule has 0 fully saturated rings. The van der Waals surface area contributed by atoms with E-state index in [0.717, 1.165) is 17.7 Å². The Kier molecular flexibility index (Phi) is 4.50. The topological polar surface area (TPSA) is 72.0 Å². The number of rotatable bonds is 4. The highest BCUT2D eigenvalue weighted by molar-refractivity contribution is 7.90. The van der Waals surface area contributed by atoms with Crippen LogP contribution >= 0.6 is 0 Å². The normalized spacial score (nSPS) is 13.8. The molecule has 0 aliphatic heterocycles. The third-order valence-corrected chi connectivity index (χ3v) is 4.07. The highest BCUT2D eigenvalue weighted by Crippen LogP contribution is 2.22. The van der Waals surface area contributed by atoms with E-state index >= 15 is 0 Å². The van der Waals surface area contributed by atoms with Gasteiger partial charge in [-0.3, -0.25) is 0 Å². The lowest BCUT2D eigenvalue weighted by atomic mass is 10.2. The molecule has 104 valence electrons. The molecule has 0 radical (unpaired) electrons. The van der Waals surface area contributed by atoms with Crippen LogP contribution in [0.4, 0.5) is 0 Å². The van der Waals surface area contributed by atoms with Crippen LogP contribution in [0.15, 0.2) is 36.5 Å². The Labute approximate surface area is 121 Å². The lowest BCUT2D eigenvalue weighted by Crippen LogP contribution is -2.10. The molecule has 0 saturated heterocycles. The zero-order valence-electron chi connectivity index (χ0n) is 11.4. The van der Waals surface area contributed by atoms with Gasteiger partial charge in [0, 0.05) is 17.4 Å². The summed E-state index contributed by atoms with van der Waals surface area (Å²) in [5.74, 6) is 0. The summed E-state index contributed by atoms with van der Waals surface area (Å²) in [6.45, 7) is 2.04. The van der Waals surface area contributed by atoms with E-state index in [2.05, 4.69) is 6.07 Å². The van der Waals surface area contributed by atoms with Crippen LogP contribution in [0, 0.1) is 11.3 Å². The maximum atomic E-state index is 11.3. The van der Waals surface area contributed by atoms with Crippen molar-refractivity contribution in [1.82, 2.24) is 4.57 Å². The maximum Gasteiger partial charge on any atom is 0.239 e. The number of aromatic nitrogens is 1. The van der Waals surface area contributed by atoms with Crippen LogP contribution in [0.25, 0.3) is 5.69 Å². The second-order valence-electron chi connectivity index (χ2n) is 4.51. The first-order valence-corrected chi connectivity index (χ1v) is 7.91. The summed E-state index contributed by atoms with van der Waals surface area (Å²) in [5, 5.41) is 18.9. The van der Waals surface area contributed by atoms with Crippen LogP contribution < -0.4 is 0 Å². The number of hydrogen-bond acceptors (Lipinski definition) is 3. The van der Waals surface area contributed by atoms with E-state index in [0.29, 0.717) is 11.3 Å². The zero-order valence-corrected chi connectivity index (χ0v) is 12.2. The molecule has 0 bridgehead atoms. The fourth-order valence-electron chi connectivity index (χ4n) is 2.00. The minimum absolute atomic E-state index is 0.578. The van der Waals surface area contributed by atoms with Gasteiger partial charge in [0.15, 0.2) is 0 Å². The van der Waals surface area contributed by atoms with Crippen molar-refractivity contribution in [3.63, 3.8) is 0 Å². The number of aryl methyl sites for hydroxylation is 1. The second kappa shape index (κ2) is 6.14. The fraction of sp³-hybridized carbons (Fsp3) is 0.267. The minimum atomic E-state index is -1.32. The number of nitriles is 1. The molecule has 1 heterocycles. The van der Waals surface area contributed by atoms with Gasteiger partial charge < -0.3 is 14.2 Å². The first kappa shape index (κ1) is 14.7. The highest BCUT2D eigenvalue weighted by Gasteiger charge is 2.16. The Balaban J connectivity index is 2.35. The van der Waals surface area contributed by atoms with Crippen molar-refractivity contribution in [3.8, 4) is 11.8 Å². The van der Waals surface area contributed by atoms with E-state index in [4.69, 9.17) is 5.26 Å². The van der Waals surface area contributed by atoms with Crippen LogP contribution in [-0.2, 0) is 17.6 Å². The van der Waals surface area contributed by atoms with Gasteiger partial charge in [-0.05, 0) is 53.5 Å². The molecule has 2 unspecified atom stereocenters. The molecule has 5 heteroatoms.